The van der Waals surface area contributed by atoms with E-state index < -0.39 is 8.17 Å². The van der Waals surface area contributed by atoms with Crippen LogP contribution in [0.4, 0.5) is 0 Å². The maximum Gasteiger partial charge on any atom is 0.426 e. The molecule has 6 heteroatoms. The molecule has 1 aromatic carbocycles. The molecule has 0 amide bonds. The minimum atomic E-state index is -4.09. The SMILES string of the molecule is C=CC[N+](C)(CCCCCCCCCCCCCCCC)CCCO[P+]([O-])(O)Oc1ccccc1. The van der Waals surface area contributed by atoms with Gasteiger partial charge in [-0.2, -0.15) is 9.42 Å². The summed E-state index contributed by atoms with van der Waals surface area (Å²) < 4.78 is 11.2. The molecule has 0 heterocycles. The van der Waals surface area contributed by atoms with Crippen LogP contribution in [0.15, 0.2) is 43.0 Å². The van der Waals surface area contributed by atoms with Crippen LogP contribution in [0.3, 0.4) is 0 Å². The summed E-state index contributed by atoms with van der Waals surface area (Å²) in [4.78, 5) is 22.1. The van der Waals surface area contributed by atoms with E-state index in [2.05, 4.69) is 20.6 Å². The highest BCUT2D eigenvalue weighted by molar-refractivity contribution is 7.53. The minimum absolute atomic E-state index is 0.199. The zero-order valence-corrected chi connectivity index (χ0v) is 23.6. The number of unbranched alkanes of at least 4 members (excludes halogenated alkanes) is 13. The molecule has 35 heavy (non-hydrogen) atoms. The van der Waals surface area contributed by atoms with Gasteiger partial charge in [-0.25, -0.2) is 0 Å². The summed E-state index contributed by atoms with van der Waals surface area (Å²) in [5, 5.41) is 0. The average Bonchev–Trinajstić information content (AvgIpc) is 2.83. The van der Waals surface area contributed by atoms with Gasteiger partial charge in [0.2, 0.25) is 0 Å². The number of likely N-dealkylation sites (N-methyl/N-ethyl adjacent to an activating group) is 1. The van der Waals surface area contributed by atoms with Crippen molar-refractivity contribution in [1.29, 1.82) is 0 Å². The quantitative estimate of drug-likeness (QED) is 0.0672. The van der Waals surface area contributed by atoms with Gasteiger partial charge in [0, 0.05) is 6.42 Å². The van der Waals surface area contributed by atoms with Gasteiger partial charge in [0.15, 0.2) is 5.75 Å². The molecule has 1 N–H and O–H groups in total. The van der Waals surface area contributed by atoms with Gasteiger partial charge in [-0.05, 0) is 31.1 Å². The van der Waals surface area contributed by atoms with Crippen LogP contribution in [0, 0.1) is 0 Å². The normalized spacial score (nSPS) is 14.9. The summed E-state index contributed by atoms with van der Waals surface area (Å²) in [6.45, 7) is 9.28. The molecule has 1 rings (SSSR count). The first kappa shape index (κ1) is 32.1. The van der Waals surface area contributed by atoms with E-state index >= 15 is 0 Å². The van der Waals surface area contributed by atoms with Crippen molar-refractivity contribution in [3.05, 3.63) is 43.0 Å². The number of quaternary nitrogens is 1. The topological polar surface area (TPSA) is 61.8 Å². The Morgan fingerprint density at radius 2 is 1.31 bits per heavy atom. The first-order valence-electron chi connectivity index (χ1n) is 14.1. The summed E-state index contributed by atoms with van der Waals surface area (Å²) in [7, 11) is -1.85. The van der Waals surface area contributed by atoms with Crippen LogP contribution in [0.1, 0.15) is 103 Å². The van der Waals surface area contributed by atoms with Crippen molar-refractivity contribution in [2.45, 2.75) is 103 Å². The van der Waals surface area contributed by atoms with Gasteiger partial charge < -0.3 is 9.38 Å². The molecule has 0 fully saturated rings. The molecule has 0 saturated carbocycles. The lowest BCUT2D eigenvalue weighted by Gasteiger charge is -2.34. The van der Waals surface area contributed by atoms with E-state index in [0.29, 0.717) is 12.2 Å². The molecule has 5 nitrogen and oxygen atoms in total. The molecule has 0 saturated heterocycles. The van der Waals surface area contributed by atoms with Gasteiger partial charge >= 0.3 is 8.17 Å². The van der Waals surface area contributed by atoms with E-state index in [4.69, 9.17) is 9.05 Å². The number of benzene rings is 1. The van der Waals surface area contributed by atoms with Crippen LogP contribution < -0.4 is 9.42 Å². The Labute approximate surface area is 216 Å². The standard InChI is InChI=1S/C29H52NO4P/c1-4-6-7-8-9-10-11-12-13-14-15-16-17-21-26-30(3,25-5-2)27-22-28-33-35(31,32)34-29-23-19-18-20-24-29/h5,18-20,23-24H,2,4,6-17,21-22,25-28H2,1,3H3/p+1. The molecular formula is C29H53NO4P+. The highest BCUT2D eigenvalue weighted by Gasteiger charge is 2.29. The zero-order chi connectivity index (χ0) is 25.7. The Balaban J connectivity index is 2.08. The fraction of sp³-hybridized carbons (Fsp3) is 0.724. The molecule has 2 atom stereocenters. The van der Waals surface area contributed by atoms with Crippen molar-refractivity contribution < 1.29 is 23.3 Å². The summed E-state index contributed by atoms with van der Waals surface area (Å²) in [5.74, 6) is 0.336. The van der Waals surface area contributed by atoms with Gasteiger partial charge in [-0.1, -0.05) is 109 Å². The number of phosphoric acid groups is 1. The molecule has 0 spiro atoms. The Morgan fingerprint density at radius 3 is 1.83 bits per heavy atom. The molecule has 0 aliphatic heterocycles. The highest BCUT2D eigenvalue weighted by Crippen LogP contribution is 2.47. The van der Waals surface area contributed by atoms with Gasteiger partial charge in [-0.15, -0.1) is 0 Å². The van der Waals surface area contributed by atoms with Crippen LogP contribution in [0.2, 0.25) is 0 Å². The van der Waals surface area contributed by atoms with E-state index in [0.717, 1.165) is 24.1 Å². The number of nitrogens with zero attached hydrogens (tertiary/aromatic N) is 1. The third kappa shape index (κ3) is 18.0. The summed E-state index contributed by atoms with van der Waals surface area (Å²) in [6.07, 6.45) is 21.8. The molecule has 1 aromatic rings. The highest BCUT2D eigenvalue weighted by atomic mass is 31.2. The fourth-order valence-electron chi connectivity index (χ4n) is 4.56. The lowest BCUT2D eigenvalue weighted by molar-refractivity contribution is -0.904. The minimum Gasteiger partial charge on any atom is -0.598 e. The average molecular weight is 511 g/mol. The van der Waals surface area contributed by atoms with E-state index in [-0.39, 0.29) is 6.61 Å². The lowest BCUT2D eigenvalue weighted by Crippen LogP contribution is -2.46. The van der Waals surface area contributed by atoms with Gasteiger partial charge in [-0.3, -0.25) is 4.52 Å². The van der Waals surface area contributed by atoms with Crippen molar-refractivity contribution in [1.82, 2.24) is 0 Å². The maximum atomic E-state index is 12.1. The van der Waals surface area contributed by atoms with Crippen LogP contribution in [-0.2, 0) is 4.52 Å². The van der Waals surface area contributed by atoms with Crippen molar-refractivity contribution >= 4 is 8.17 Å². The number of hydrogen-bond donors (Lipinski definition) is 1. The molecule has 0 aliphatic rings. The maximum absolute atomic E-state index is 12.1. The Kier molecular flexibility index (Phi) is 18.4. The van der Waals surface area contributed by atoms with Crippen LogP contribution in [0.25, 0.3) is 0 Å². The molecule has 202 valence electrons. The zero-order valence-electron chi connectivity index (χ0n) is 22.7. The van der Waals surface area contributed by atoms with E-state index in [1.54, 1.807) is 24.3 Å². The smallest absolute Gasteiger partial charge is 0.426 e. The number of para-hydroxylation sites is 1. The van der Waals surface area contributed by atoms with Crippen molar-refractivity contribution in [3.8, 4) is 5.75 Å². The Bertz CT molecular complexity index is 628. The van der Waals surface area contributed by atoms with Gasteiger partial charge in [0.05, 0.1) is 26.7 Å². The van der Waals surface area contributed by atoms with Crippen molar-refractivity contribution in [2.75, 3.05) is 33.3 Å². The molecular weight excluding hydrogens is 457 g/mol. The summed E-state index contributed by atoms with van der Waals surface area (Å²) >= 11 is 0. The second kappa shape index (κ2) is 20.1. The predicted octanol–water partition coefficient (Wildman–Crippen LogP) is 7.62. The van der Waals surface area contributed by atoms with E-state index in [9.17, 15) is 9.79 Å². The molecule has 0 aliphatic carbocycles. The monoisotopic (exact) mass is 510 g/mol. The third-order valence-electron chi connectivity index (χ3n) is 6.68. The molecule has 0 bridgehead atoms. The molecule has 0 radical (unpaired) electrons. The van der Waals surface area contributed by atoms with E-state index in [1.165, 1.54) is 89.9 Å². The molecule has 2 unspecified atom stereocenters. The first-order valence-corrected chi connectivity index (χ1v) is 15.6. The van der Waals surface area contributed by atoms with Crippen molar-refractivity contribution in [3.63, 3.8) is 0 Å². The number of hydrogen-bond acceptors (Lipinski definition) is 4. The van der Waals surface area contributed by atoms with Gasteiger partial charge in [0.1, 0.15) is 6.61 Å². The summed E-state index contributed by atoms with van der Waals surface area (Å²) in [5.41, 5.74) is 0. The fourth-order valence-corrected chi connectivity index (χ4v) is 5.36. The summed E-state index contributed by atoms with van der Waals surface area (Å²) in [6, 6.07) is 8.61. The van der Waals surface area contributed by atoms with Crippen LogP contribution in [-0.4, -0.2) is 42.7 Å². The molecule has 0 aromatic heterocycles. The largest absolute Gasteiger partial charge is 0.598 e. The number of phosphoric ester groups is 1. The second-order valence-electron chi connectivity index (χ2n) is 10.2. The van der Waals surface area contributed by atoms with Crippen LogP contribution in [0.5, 0.6) is 5.75 Å². The Morgan fingerprint density at radius 1 is 0.829 bits per heavy atom. The number of rotatable bonds is 24. The van der Waals surface area contributed by atoms with E-state index in [1.807, 2.05) is 12.1 Å². The Hall–Kier alpha value is -0.970. The first-order chi connectivity index (χ1) is 16.9. The van der Waals surface area contributed by atoms with Crippen molar-refractivity contribution in [2.24, 2.45) is 0 Å². The lowest BCUT2D eigenvalue weighted by atomic mass is 10.0. The third-order valence-corrected chi connectivity index (χ3v) is 7.63. The van der Waals surface area contributed by atoms with Crippen LogP contribution >= 0.6 is 8.17 Å². The van der Waals surface area contributed by atoms with Gasteiger partial charge in [0.25, 0.3) is 0 Å². The predicted molar refractivity (Wildman–Crippen MR) is 148 cm³/mol. The second-order valence-corrected chi connectivity index (χ2v) is 11.6.